The summed E-state index contributed by atoms with van der Waals surface area (Å²) < 4.78 is 5.23. The van der Waals surface area contributed by atoms with E-state index in [2.05, 4.69) is 15.0 Å². The predicted molar refractivity (Wildman–Crippen MR) is 69.6 cm³/mol. The minimum atomic E-state index is -0.398. The third-order valence-electron chi connectivity index (χ3n) is 2.98. The van der Waals surface area contributed by atoms with E-state index < -0.39 is 6.04 Å². The number of hydrogen-bond acceptors (Lipinski definition) is 7. The lowest BCUT2D eigenvalue weighted by Gasteiger charge is -2.33. The molecule has 1 saturated heterocycles. The van der Waals surface area contributed by atoms with E-state index in [9.17, 15) is 4.79 Å². The number of nitrogens with zero attached hydrogens (tertiary/aromatic N) is 4. The van der Waals surface area contributed by atoms with Crippen molar-refractivity contribution in [3.8, 4) is 6.01 Å². The summed E-state index contributed by atoms with van der Waals surface area (Å²) in [5.41, 5.74) is 11.0. The lowest BCUT2D eigenvalue weighted by molar-refractivity contribution is -0.119. The van der Waals surface area contributed by atoms with E-state index in [0.29, 0.717) is 25.5 Å². The smallest absolute Gasteiger partial charge is 0.323 e. The van der Waals surface area contributed by atoms with Gasteiger partial charge in [0.05, 0.1) is 6.61 Å². The molecule has 1 aliphatic heterocycles. The first-order chi connectivity index (χ1) is 9.11. The van der Waals surface area contributed by atoms with Gasteiger partial charge in [0.2, 0.25) is 17.8 Å². The van der Waals surface area contributed by atoms with Crippen molar-refractivity contribution in [2.75, 3.05) is 23.8 Å². The average Bonchev–Trinajstić information content (AvgIpc) is 2.38. The van der Waals surface area contributed by atoms with Crippen LogP contribution in [0.5, 0.6) is 6.01 Å². The third kappa shape index (κ3) is 3.01. The third-order valence-corrected chi connectivity index (χ3v) is 2.98. The summed E-state index contributed by atoms with van der Waals surface area (Å²) in [6.45, 7) is 2.93. The van der Waals surface area contributed by atoms with Crippen molar-refractivity contribution < 1.29 is 9.53 Å². The number of nitrogens with two attached hydrogens (primary N) is 2. The van der Waals surface area contributed by atoms with E-state index in [1.54, 1.807) is 4.90 Å². The molecule has 0 aromatic carbocycles. The molecule has 4 N–H and O–H groups in total. The van der Waals surface area contributed by atoms with Crippen molar-refractivity contribution in [3.63, 3.8) is 0 Å². The van der Waals surface area contributed by atoms with E-state index in [-0.39, 0.29) is 17.9 Å². The molecule has 1 unspecified atom stereocenters. The van der Waals surface area contributed by atoms with Crippen molar-refractivity contribution >= 4 is 17.8 Å². The number of primary amides is 1. The van der Waals surface area contributed by atoms with Crippen molar-refractivity contribution in [2.45, 2.75) is 32.2 Å². The Hall–Kier alpha value is -2.12. The summed E-state index contributed by atoms with van der Waals surface area (Å²) >= 11 is 0. The highest BCUT2D eigenvalue weighted by atomic mass is 16.5. The minimum Gasteiger partial charge on any atom is -0.464 e. The molecule has 104 valence electrons. The van der Waals surface area contributed by atoms with Crippen LogP contribution in [-0.2, 0) is 4.79 Å². The van der Waals surface area contributed by atoms with Gasteiger partial charge in [-0.2, -0.15) is 15.0 Å². The molecule has 2 heterocycles. The van der Waals surface area contributed by atoms with Gasteiger partial charge < -0.3 is 21.1 Å². The molecule has 8 heteroatoms. The van der Waals surface area contributed by atoms with Gasteiger partial charge >= 0.3 is 6.01 Å². The fourth-order valence-corrected chi connectivity index (χ4v) is 2.15. The SMILES string of the molecule is CCOc1nc(N)nc(N2CCCCC2C(N)=O)n1. The van der Waals surface area contributed by atoms with Crippen LogP contribution in [0.25, 0.3) is 0 Å². The number of hydrogen-bond donors (Lipinski definition) is 2. The molecule has 1 aromatic rings. The summed E-state index contributed by atoms with van der Waals surface area (Å²) in [7, 11) is 0. The van der Waals surface area contributed by atoms with Crippen LogP contribution in [0.3, 0.4) is 0 Å². The Balaban J connectivity index is 2.30. The van der Waals surface area contributed by atoms with E-state index >= 15 is 0 Å². The predicted octanol–water partition coefficient (Wildman–Crippen LogP) is -0.303. The lowest BCUT2D eigenvalue weighted by Crippen LogP contribution is -2.48. The van der Waals surface area contributed by atoms with Crippen LogP contribution in [0.1, 0.15) is 26.2 Å². The quantitative estimate of drug-likeness (QED) is 0.767. The second kappa shape index (κ2) is 5.68. The maximum Gasteiger partial charge on any atom is 0.323 e. The largest absolute Gasteiger partial charge is 0.464 e. The fourth-order valence-electron chi connectivity index (χ4n) is 2.15. The average molecular weight is 266 g/mol. The van der Waals surface area contributed by atoms with E-state index in [1.165, 1.54) is 0 Å². The first-order valence-electron chi connectivity index (χ1n) is 6.32. The number of piperidine rings is 1. The van der Waals surface area contributed by atoms with Gasteiger partial charge in [-0.1, -0.05) is 0 Å². The summed E-state index contributed by atoms with van der Waals surface area (Å²) in [4.78, 5) is 25.4. The Bertz CT molecular complexity index is 466. The van der Waals surface area contributed by atoms with Crippen molar-refractivity contribution in [1.29, 1.82) is 0 Å². The van der Waals surface area contributed by atoms with Crippen molar-refractivity contribution in [3.05, 3.63) is 0 Å². The van der Waals surface area contributed by atoms with Gasteiger partial charge in [0.1, 0.15) is 6.04 Å². The fraction of sp³-hybridized carbons (Fsp3) is 0.636. The number of carbonyl (C=O) groups excluding carboxylic acids is 1. The normalized spacial score (nSPS) is 19.2. The molecular weight excluding hydrogens is 248 g/mol. The van der Waals surface area contributed by atoms with Gasteiger partial charge in [0.15, 0.2) is 0 Å². The maximum absolute atomic E-state index is 11.5. The molecule has 1 amide bonds. The van der Waals surface area contributed by atoms with Crippen LogP contribution in [0.4, 0.5) is 11.9 Å². The number of rotatable bonds is 4. The van der Waals surface area contributed by atoms with E-state index in [4.69, 9.17) is 16.2 Å². The summed E-state index contributed by atoms with van der Waals surface area (Å²) in [5.74, 6) is 0.0401. The minimum absolute atomic E-state index is 0.0715. The van der Waals surface area contributed by atoms with Gasteiger partial charge in [0.25, 0.3) is 0 Å². The molecule has 1 aliphatic rings. The molecule has 8 nitrogen and oxygen atoms in total. The van der Waals surface area contributed by atoms with Crippen LogP contribution in [0, 0.1) is 0 Å². The summed E-state index contributed by atoms with van der Waals surface area (Å²) in [6.07, 6.45) is 2.62. The zero-order chi connectivity index (χ0) is 13.8. The standard InChI is InChI=1S/C11H18N6O2/c1-2-19-11-15-9(13)14-10(16-11)17-6-4-3-5-7(17)8(12)18/h7H,2-6H2,1H3,(H2,12,18)(H2,13,14,15,16). The molecule has 0 saturated carbocycles. The Kier molecular flexibility index (Phi) is 3.98. The number of anilines is 2. The first kappa shape index (κ1) is 13.3. The number of nitrogen functional groups attached to an aromatic ring is 1. The summed E-state index contributed by atoms with van der Waals surface area (Å²) in [5, 5.41) is 0. The highest BCUT2D eigenvalue weighted by molar-refractivity contribution is 5.83. The molecule has 1 aromatic heterocycles. The Labute approximate surface area is 111 Å². The van der Waals surface area contributed by atoms with Gasteiger partial charge in [-0.25, -0.2) is 0 Å². The molecule has 19 heavy (non-hydrogen) atoms. The number of aromatic nitrogens is 3. The zero-order valence-electron chi connectivity index (χ0n) is 10.9. The van der Waals surface area contributed by atoms with E-state index in [0.717, 1.165) is 12.8 Å². The molecule has 0 spiro atoms. The van der Waals surface area contributed by atoms with Gasteiger partial charge in [-0.05, 0) is 26.2 Å². The first-order valence-corrected chi connectivity index (χ1v) is 6.32. The Morgan fingerprint density at radius 2 is 2.21 bits per heavy atom. The lowest BCUT2D eigenvalue weighted by atomic mass is 10.0. The van der Waals surface area contributed by atoms with Gasteiger partial charge in [-0.15, -0.1) is 0 Å². The molecule has 2 rings (SSSR count). The molecule has 0 aliphatic carbocycles. The highest BCUT2D eigenvalue weighted by Gasteiger charge is 2.29. The van der Waals surface area contributed by atoms with Gasteiger partial charge in [0, 0.05) is 6.54 Å². The number of amides is 1. The molecule has 0 bridgehead atoms. The number of ether oxygens (including phenoxy) is 1. The van der Waals surface area contributed by atoms with Gasteiger partial charge in [-0.3, -0.25) is 4.79 Å². The maximum atomic E-state index is 11.5. The zero-order valence-corrected chi connectivity index (χ0v) is 10.9. The Morgan fingerprint density at radius 3 is 2.89 bits per heavy atom. The van der Waals surface area contributed by atoms with Crippen LogP contribution in [-0.4, -0.2) is 40.1 Å². The second-order valence-electron chi connectivity index (χ2n) is 4.32. The van der Waals surface area contributed by atoms with Crippen molar-refractivity contribution in [1.82, 2.24) is 15.0 Å². The molecule has 0 radical (unpaired) electrons. The van der Waals surface area contributed by atoms with Crippen LogP contribution in [0.15, 0.2) is 0 Å². The van der Waals surface area contributed by atoms with Crippen LogP contribution >= 0.6 is 0 Å². The molecular formula is C11H18N6O2. The second-order valence-corrected chi connectivity index (χ2v) is 4.32. The monoisotopic (exact) mass is 266 g/mol. The number of carbonyl (C=O) groups is 1. The van der Waals surface area contributed by atoms with Crippen LogP contribution in [0.2, 0.25) is 0 Å². The Morgan fingerprint density at radius 1 is 1.42 bits per heavy atom. The van der Waals surface area contributed by atoms with E-state index in [1.807, 2.05) is 6.92 Å². The molecule has 1 fully saturated rings. The van der Waals surface area contributed by atoms with Crippen molar-refractivity contribution in [2.24, 2.45) is 5.73 Å². The topological polar surface area (TPSA) is 120 Å². The summed E-state index contributed by atoms with van der Waals surface area (Å²) in [6, 6.07) is -0.233. The highest BCUT2D eigenvalue weighted by Crippen LogP contribution is 2.23. The molecule has 1 atom stereocenters. The van der Waals surface area contributed by atoms with Crippen LogP contribution < -0.4 is 21.1 Å².